The van der Waals surface area contributed by atoms with Crippen molar-refractivity contribution in [3.8, 4) is 17.5 Å². The van der Waals surface area contributed by atoms with Gasteiger partial charge in [0.15, 0.2) is 0 Å². The van der Waals surface area contributed by atoms with Gasteiger partial charge >= 0.3 is 6.01 Å². The van der Waals surface area contributed by atoms with E-state index < -0.39 is 7.04 Å². The van der Waals surface area contributed by atoms with Crippen molar-refractivity contribution in [3.05, 3.63) is 71.4 Å². The molecule has 0 N–H and O–H groups in total. The van der Waals surface area contributed by atoms with Crippen LogP contribution in [0.1, 0.15) is 40.7 Å². The van der Waals surface area contributed by atoms with Gasteiger partial charge in [-0.25, -0.2) is 4.98 Å². The van der Waals surface area contributed by atoms with Crippen LogP contribution in [-0.4, -0.2) is 40.8 Å². The lowest BCUT2D eigenvalue weighted by Gasteiger charge is -2.26. The summed E-state index contributed by atoms with van der Waals surface area (Å²) >= 11 is 0. The van der Waals surface area contributed by atoms with Gasteiger partial charge in [-0.1, -0.05) is 38.1 Å². The van der Waals surface area contributed by atoms with Crippen molar-refractivity contribution in [1.29, 1.82) is 0 Å². The fraction of sp³-hybridized carbons (Fsp3) is 0.320. The molecule has 0 aliphatic rings. The highest BCUT2D eigenvalue weighted by atomic mass is 16.5. The molecule has 0 atom stereocenters. The SMILES string of the molecule is [2H]C([2H])([2H])Oc1nc2nc(C(C)C)cc(N(Cc3ccc(OC)cc3)Cc3ccc(OC)cc3)n2n1. The van der Waals surface area contributed by atoms with E-state index in [1.165, 1.54) is 4.52 Å². The normalized spacial score (nSPS) is 12.8. The van der Waals surface area contributed by atoms with Gasteiger partial charge in [0.25, 0.3) is 5.78 Å². The second kappa shape index (κ2) is 9.77. The lowest BCUT2D eigenvalue weighted by Crippen LogP contribution is -2.25. The first-order valence-corrected chi connectivity index (χ1v) is 10.6. The minimum absolute atomic E-state index is 0.112. The highest BCUT2D eigenvalue weighted by molar-refractivity contribution is 5.50. The molecule has 8 nitrogen and oxygen atoms in total. The summed E-state index contributed by atoms with van der Waals surface area (Å²) in [7, 11) is 0.601. The monoisotopic (exact) mass is 450 g/mol. The van der Waals surface area contributed by atoms with E-state index >= 15 is 0 Å². The first kappa shape index (κ1) is 18.7. The van der Waals surface area contributed by atoms with Crippen LogP contribution in [0.2, 0.25) is 0 Å². The van der Waals surface area contributed by atoms with E-state index in [9.17, 15) is 0 Å². The Morgan fingerprint density at radius 3 is 1.94 bits per heavy atom. The van der Waals surface area contributed by atoms with Crippen LogP contribution in [-0.2, 0) is 13.1 Å². The molecule has 0 saturated heterocycles. The van der Waals surface area contributed by atoms with E-state index in [0.717, 1.165) is 28.3 Å². The lowest BCUT2D eigenvalue weighted by molar-refractivity contribution is 0.380. The average molecular weight is 451 g/mol. The number of hydrogen-bond donors (Lipinski definition) is 0. The van der Waals surface area contributed by atoms with Gasteiger partial charge in [-0.2, -0.15) is 9.50 Å². The van der Waals surface area contributed by atoms with Crippen molar-refractivity contribution >= 4 is 11.6 Å². The molecule has 0 aliphatic heterocycles. The second-order valence-electron chi connectivity index (χ2n) is 7.95. The Morgan fingerprint density at radius 1 is 0.879 bits per heavy atom. The fourth-order valence-electron chi connectivity index (χ4n) is 3.54. The molecule has 4 rings (SSSR count). The topological polar surface area (TPSA) is 74.0 Å². The van der Waals surface area contributed by atoms with Crippen LogP contribution in [0.3, 0.4) is 0 Å². The molecule has 172 valence electrons. The molecular weight excluding hydrogens is 418 g/mol. The average Bonchev–Trinajstić information content (AvgIpc) is 3.24. The molecule has 0 aliphatic carbocycles. The first-order chi connectivity index (χ1) is 17.1. The van der Waals surface area contributed by atoms with Crippen LogP contribution in [0, 0.1) is 0 Å². The van der Waals surface area contributed by atoms with Gasteiger partial charge in [0.1, 0.15) is 17.3 Å². The van der Waals surface area contributed by atoms with Crippen LogP contribution in [0.15, 0.2) is 54.6 Å². The minimum atomic E-state index is -2.67. The summed E-state index contributed by atoms with van der Waals surface area (Å²) in [6, 6.07) is 17.4. The maximum atomic E-state index is 7.43. The number of fused-ring (bicyclic) bond motifs is 1. The molecule has 0 spiro atoms. The zero-order valence-corrected chi connectivity index (χ0v) is 19.1. The number of nitrogens with zero attached hydrogens (tertiary/aromatic N) is 5. The number of hydrogen-bond acceptors (Lipinski definition) is 7. The summed E-state index contributed by atoms with van der Waals surface area (Å²) in [5, 5.41) is 4.34. The molecule has 2 heterocycles. The molecule has 0 saturated carbocycles. The maximum absolute atomic E-state index is 7.43. The van der Waals surface area contributed by atoms with Crippen LogP contribution in [0.5, 0.6) is 17.5 Å². The summed E-state index contributed by atoms with van der Waals surface area (Å²) in [4.78, 5) is 11.0. The number of benzene rings is 2. The van der Waals surface area contributed by atoms with Crippen LogP contribution >= 0.6 is 0 Å². The molecule has 0 fully saturated rings. The molecule has 0 bridgehead atoms. The Balaban J connectivity index is 1.81. The van der Waals surface area contributed by atoms with Crippen molar-refractivity contribution in [2.45, 2.75) is 32.9 Å². The lowest BCUT2D eigenvalue weighted by atomic mass is 10.1. The predicted molar refractivity (Wildman–Crippen MR) is 127 cm³/mol. The molecule has 0 radical (unpaired) electrons. The van der Waals surface area contributed by atoms with E-state index in [-0.39, 0.29) is 17.7 Å². The van der Waals surface area contributed by atoms with Gasteiger partial charge in [-0.3, -0.25) is 0 Å². The van der Waals surface area contributed by atoms with E-state index in [2.05, 4.69) is 20.0 Å². The van der Waals surface area contributed by atoms with Crippen molar-refractivity contribution in [3.63, 3.8) is 0 Å². The number of aromatic nitrogens is 4. The first-order valence-electron chi connectivity index (χ1n) is 12.1. The molecule has 4 aromatic rings. The second-order valence-corrected chi connectivity index (χ2v) is 7.95. The van der Waals surface area contributed by atoms with Gasteiger partial charge in [-0.05, 0) is 41.3 Å². The number of anilines is 1. The standard InChI is InChI=1S/C25H29N5O3/c1-17(2)22-14-23(30-24(26-22)27-25(28-30)33-5)29(15-18-6-10-20(31-3)11-7-18)16-19-8-12-21(32-4)13-9-19/h6-14,17H,15-16H2,1-5H3/i5D3. The molecule has 0 amide bonds. The fourth-order valence-corrected chi connectivity index (χ4v) is 3.54. The highest BCUT2D eigenvalue weighted by Gasteiger charge is 2.19. The Kier molecular flexibility index (Phi) is 5.54. The summed E-state index contributed by atoms with van der Waals surface area (Å²) < 4.78 is 39.4. The van der Waals surface area contributed by atoms with Gasteiger partial charge in [0, 0.05) is 19.2 Å². The largest absolute Gasteiger partial charge is 0.497 e. The summed E-state index contributed by atoms with van der Waals surface area (Å²) in [5.74, 6) is 2.64. The Hall–Kier alpha value is -3.81. The summed E-state index contributed by atoms with van der Waals surface area (Å²) in [6.07, 6.45) is 0. The molecular formula is C25H29N5O3. The van der Waals surface area contributed by atoms with Gasteiger partial charge in [0.05, 0.1) is 31.1 Å². The van der Waals surface area contributed by atoms with Gasteiger partial charge in [0.2, 0.25) is 0 Å². The Bertz CT molecular complexity index is 1260. The van der Waals surface area contributed by atoms with Gasteiger partial charge < -0.3 is 19.1 Å². The molecule has 0 unspecified atom stereocenters. The summed E-state index contributed by atoms with van der Waals surface area (Å²) in [5.41, 5.74) is 2.92. The Labute approximate surface area is 198 Å². The van der Waals surface area contributed by atoms with Crippen molar-refractivity contribution in [2.24, 2.45) is 0 Å². The quantitative estimate of drug-likeness (QED) is 0.372. The number of ether oxygens (including phenoxy) is 3. The van der Waals surface area contributed by atoms with E-state index in [1.807, 2.05) is 68.4 Å². The summed E-state index contributed by atoms with van der Waals surface area (Å²) in [6.45, 7) is 5.16. The zero-order chi connectivity index (χ0) is 25.9. The predicted octanol–water partition coefficient (Wildman–Crippen LogP) is 4.48. The molecule has 2 aromatic heterocycles. The van der Waals surface area contributed by atoms with Crippen molar-refractivity contribution < 1.29 is 18.3 Å². The van der Waals surface area contributed by atoms with Gasteiger partial charge in [-0.15, -0.1) is 5.10 Å². The smallest absolute Gasteiger partial charge is 0.337 e. The maximum Gasteiger partial charge on any atom is 0.337 e. The third kappa shape index (κ3) is 5.00. The molecule has 33 heavy (non-hydrogen) atoms. The minimum Gasteiger partial charge on any atom is -0.497 e. The highest BCUT2D eigenvalue weighted by Crippen LogP contribution is 2.26. The third-order valence-corrected chi connectivity index (χ3v) is 5.37. The Morgan fingerprint density at radius 2 is 1.45 bits per heavy atom. The van der Waals surface area contributed by atoms with E-state index in [4.69, 9.17) is 18.3 Å². The number of methoxy groups -OCH3 is 3. The van der Waals surface area contributed by atoms with Crippen molar-refractivity contribution in [1.82, 2.24) is 19.6 Å². The van der Waals surface area contributed by atoms with Crippen molar-refractivity contribution in [2.75, 3.05) is 26.2 Å². The van der Waals surface area contributed by atoms with E-state index in [0.29, 0.717) is 18.9 Å². The zero-order valence-electron chi connectivity index (χ0n) is 22.1. The number of rotatable bonds is 9. The van der Waals surface area contributed by atoms with E-state index in [1.54, 1.807) is 14.2 Å². The van der Waals surface area contributed by atoms with Crippen LogP contribution < -0.4 is 19.1 Å². The molecule has 8 heteroatoms. The molecule has 2 aromatic carbocycles. The van der Waals surface area contributed by atoms with Crippen LogP contribution in [0.25, 0.3) is 5.78 Å². The third-order valence-electron chi connectivity index (χ3n) is 5.37. The van der Waals surface area contributed by atoms with Crippen LogP contribution in [0.4, 0.5) is 5.82 Å².